The van der Waals surface area contributed by atoms with Crippen molar-refractivity contribution < 1.29 is 0 Å². The molecule has 0 aromatic carbocycles. The van der Waals surface area contributed by atoms with Crippen LogP contribution in [0, 0.1) is 11.3 Å². The zero-order chi connectivity index (χ0) is 9.19. The molecule has 62 valence electrons. The molecule has 0 radical (unpaired) electrons. The second kappa shape index (κ2) is 3.24. The Bertz CT molecular complexity index is 308. The number of hydrogen-bond acceptors (Lipinski definition) is 2. The van der Waals surface area contributed by atoms with Crippen molar-refractivity contribution in [1.29, 1.82) is 5.26 Å². The van der Waals surface area contributed by atoms with Gasteiger partial charge in [-0.25, -0.2) is 4.98 Å². The Morgan fingerprint density at radius 3 is 2.58 bits per heavy atom. The number of pyridine rings is 1. The van der Waals surface area contributed by atoms with Crippen LogP contribution in [-0.2, 0) is 5.41 Å². The largest absolute Gasteiger partial charge is 0.249 e. The fraction of sp³-hybridized carbons (Fsp3) is 0.333. The van der Waals surface area contributed by atoms with Crippen LogP contribution in [0.4, 0.5) is 0 Å². The highest BCUT2D eigenvalue weighted by atomic mass is 79.9. The van der Waals surface area contributed by atoms with Crippen LogP contribution >= 0.6 is 15.9 Å². The lowest BCUT2D eigenvalue weighted by Gasteiger charge is -2.14. The lowest BCUT2D eigenvalue weighted by Crippen LogP contribution is -2.13. The lowest BCUT2D eigenvalue weighted by atomic mass is 9.88. The Balaban J connectivity index is 3.07. The summed E-state index contributed by atoms with van der Waals surface area (Å²) in [6, 6.07) is 5.97. The van der Waals surface area contributed by atoms with Crippen LogP contribution in [0.2, 0.25) is 0 Å². The molecule has 0 N–H and O–H groups in total. The van der Waals surface area contributed by atoms with E-state index in [-0.39, 0.29) is 0 Å². The van der Waals surface area contributed by atoms with Gasteiger partial charge in [0.15, 0.2) is 0 Å². The fourth-order valence-corrected chi connectivity index (χ4v) is 1.04. The molecule has 0 unspecified atom stereocenters. The predicted octanol–water partition coefficient (Wildman–Crippen LogP) is 2.65. The van der Waals surface area contributed by atoms with E-state index in [4.69, 9.17) is 5.26 Å². The Hall–Kier alpha value is -0.880. The number of aromatic nitrogens is 1. The molecule has 0 aliphatic heterocycles. The van der Waals surface area contributed by atoms with Gasteiger partial charge in [-0.05, 0) is 41.4 Å². The van der Waals surface area contributed by atoms with E-state index in [1.165, 1.54) is 0 Å². The lowest BCUT2D eigenvalue weighted by molar-refractivity contribution is 0.682. The zero-order valence-corrected chi connectivity index (χ0v) is 8.59. The van der Waals surface area contributed by atoms with E-state index < -0.39 is 5.41 Å². The molecule has 0 amide bonds. The maximum atomic E-state index is 8.83. The van der Waals surface area contributed by atoms with Crippen LogP contribution in [0.25, 0.3) is 0 Å². The van der Waals surface area contributed by atoms with Crippen LogP contribution < -0.4 is 0 Å². The Morgan fingerprint density at radius 2 is 2.17 bits per heavy atom. The first kappa shape index (κ1) is 9.21. The first-order chi connectivity index (χ1) is 5.56. The molecule has 0 saturated carbocycles. The summed E-state index contributed by atoms with van der Waals surface area (Å²) in [4.78, 5) is 4.06. The summed E-state index contributed by atoms with van der Waals surface area (Å²) in [6.45, 7) is 3.75. The summed E-state index contributed by atoms with van der Waals surface area (Å²) in [6.07, 6.45) is 1.72. The van der Waals surface area contributed by atoms with Gasteiger partial charge < -0.3 is 0 Å². The topological polar surface area (TPSA) is 36.7 Å². The summed E-state index contributed by atoms with van der Waals surface area (Å²) in [7, 11) is 0. The van der Waals surface area contributed by atoms with Crippen molar-refractivity contribution in [2.45, 2.75) is 19.3 Å². The first-order valence-electron chi connectivity index (χ1n) is 3.59. The molecular formula is C9H9BrN2. The third kappa shape index (κ3) is 1.83. The predicted molar refractivity (Wildman–Crippen MR) is 50.6 cm³/mol. The third-order valence-corrected chi connectivity index (χ3v) is 2.20. The van der Waals surface area contributed by atoms with E-state index >= 15 is 0 Å². The zero-order valence-electron chi connectivity index (χ0n) is 7.00. The number of nitriles is 1. The highest BCUT2D eigenvalue weighted by Crippen LogP contribution is 2.21. The molecule has 1 rings (SSSR count). The number of rotatable bonds is 1. The van der Waals surface area contributed by atoms with E-state index in [0.717, 1.165) is 10.2 Å². The van der Waals surface area contributed by atoms with Gasteiger partial charge in [0.25, 0.3) is 0 Å². The van der Waals surface area contributed by atoms with Crippen molar-refractivity contribution in [2.24, 2.45) is 0 Å². The van der Waals surface area contributed by atoms with Gasteiger partial charge in [0.1, 0.15) is 4.60 Å². The standard InChI is InChI=1S/C9H9BrN2/c1-9(2,6-11)7-3-4-8(10)12-5-7/h3-5H,1-2H3. The van der Waals surface area contributed by atoms with Crippen molar-refractivity contribution in [2.75, 3.05) is 0 Å². The normalized spacial score (nSPS) is 10.8. The monoisotopic (exact) mass is 224 g/mol. The summed E-state index contributed by atoms with van der Waals surface area (Å²) in [5, 5.41) is 8.83. The number of nitrogens with zero attached hydrogens (tertiary/aromatic N) is 2. The average molecular weight is 225 g/mol. The Labute approximate surface area is 80.4 Å². The first-order valence-corrected chi connectivity index (χ1v) is 4.39. The van der Waals surface area contributed by atoms with E-state index in [1.807, 2.05) is 26.0 Å². The third-order valence-electron chi connectivity index (χ3n) is 1.73. The molecule has 0 bridgehead atoms. The van der Waals surface area contributed by atoms with E-state index in [1.54, 1.807) is 6.20 Å². The average Bonchev–Trinajstić information content (AvgIpc) is 2.05. The SMILES string of the molecule is CC(C)(C#N)c1ccc(Br)nc1. The summed E-state index contributed by atoms with van der Waals surface area (Å²) in [5.41, 5.74) is 0.487. The van der Waals surface area contributed by atoms with Crippen molar-refractivity contribution >= 4 is 15.9 Å². The molecule has 12 heavy (non-hydrogen) atoms. The molecular weight excluding hydrogens is 216 g/mol. The van der Waals surface area contributed by atoms with Gasteiger partial charge in [0.2, 0.25) is 0 Å². The van der Waals surface area contributed by atoms with Crippen LogP contribution in [0.1, 0.15) is 19.4 Å². The van der Waals surface area contributed by atoms with Crippen LogP contribution in [-0.4, -0.2) is 4.98 Å². The fourth-order valence-electron chi connectivity index (χ4n) is 0.810. The van der Waals surface area contributed by atoms with Crippen molar-refractivity contribution in [3.8, 4) is 6.07 Å². The molecule has 1 aromatic heterocycles. The van der Waals surface area contributed by atoms with E-state index in [9.17, 15) is 0 Å². The highest BCUT2D eigenvalue weighted by Gasteiger charge is 2.19. The molecule has 1 aromatic rings. The van der Waals surface area contributed by atoms with Crippen LogP contribution in [0.3, 0.4) is 0 Å². The van der Waals surface area contributed by atoms with Crippen molar-refractivity contribution in [3.63, 3.8) is 0 Å². The molecule has 0 atom stereocenters. The Kier molecular flexibility index (Phi) is 2.49. The van der Waals surface area contributed by atoms with Gasteiger partial charge in [-0.2, -0.15) is 5.26 Å². The highest BCUT2D eigenvalue weighted by molar-refractivity contribution is 9.10. The molecule has 1 heterocycles. The Morgan fingerprint density at radius 1 is 1.50 bits per heavy atom. The van der Waals surface area contributed by atoms with E-state index in [0.29, 0.717) is 0 Å². The summed E-state index contributed by atoms with van der Waals surface area (Å²) in [5.74, 6) is 0. The van der Waals surface area contributed by atoms with E-state index in [2.05, 4.69) is 27.0 Å². The maximum Gasteiger partial charge on any atom is 0.106 e. The minimum Gasteiger partial charge on any atom is -0.249 e. The summed E-state index contributed by atoms with van der Waals surface area (Å²) < 4.78 is 0.792. The number of halogens is 1. The quantitative estimate of drug-likeness (QED) is 0.689. The van der Waals surface area contributed by atoms with Gasteiger partial charge in [-0.1, -0.05) is 6.07 Å². The smallest absolute Gasteiger partial charge is 0.106 e. The molecule has 0 saturated heterocycles. The molecule has 3 heteroatoms. The van der Waals surface area contributed by atoms with Gasteiger partial charge in [-0.3, -0.25) is 0 Å². The molecule has 0 aliphatic rings. The molecule has 2 nitrogen and oxygen atoms in total. The van der Waals surface area contributed by atoms with Crippen molar-refractivity contribution in [3.05, 3.63) is 28.5 Å². The van der Waals surface area contributed by atoms with Gasteiger partial charge >= 0.3 is 0 Å². The number of hydrogen-bond donors (Lipinski definition) is 0. The van der Waals surface area contributed by atoms with Crippen LogP contribution in [0.15, 0.2) is 22.9 Å². The van der Waals surface area contributed by atoms with Gasteiger partial charge in [-0.15, -0.1) is 0 Å². The molecule has 0 aliphatic carbocycles. The second-order valence-electron chi connectivity index (χ2n) is 3.11. The maximum absolute atomic E-state index is 8.83. The van der Waals surface area contributed by atoms with Gasteiger partial charge in [0.05, 0.1) is 11.5 Å². The minimum absolute atomic E-state index is 0.451. The molecule has 0 spiro atoms. The van der Waals surface area contributed by atoms with Crippen molar-refractivity contribution in [1.82, 2.24) is 4.98 Å². The molecule has 0 fully saturated rings. The van der Waals surface area contributed by atoms with Gasteiger partial charge in [0, 0.05) is 6.20 Å². The van der Waals surface area contributed by atoms with Crippen LogP contribution in [0.5, 0.6) is 0 Å². The minimum atomic E-state index is -0.451. The second-order valence-corrected chi connectivity index (χ2v) is 3.92. The summed E-state index contributed by atoms with van der Waals surface area (Å²) >= 11 is 3.24.